The number of aryl methyl sites for hydroxylation is 2. The predicted molar refractivity (Wildman–Crippen MR) is 87.4 cm³/mol. The van der Waals surface area contributed by atoms with E-state index >= 15 is 0 Å². The maximum absolute atomic E-state index is 12.3. The van der Waals surface area contributed by atoms with Crippen LogP contribution in [0.5, 0.6) is 11.5 Å². The Kier molecular flexibility index (Phi) is 4.44. The molecule has 0 saturated heterocycles. The van der Waals surface area contributed by atoms with Crippen molar-refractivity contribution in [3.8, 4) is 11.5 Å². The molecule has 128 valence electrons. The summed E-state index contributed by atoms with van der Waals surface area (Å²) in [6, 6.07) is 5.28. The molecule has 2 aromatic rings. The molecule has 0 saturated carbocycles. The number of amides is 1. The Labute approximate surface area is 140 Å². The number of ether oxygens (including phenoxy) is 2. The number of aromatic nitrogens is 2. The van der Waals surface area contributed by atoms with Crippen molar-refractivity contribution in [1.29, 1.82) is 0 Å². The number of aliphatic hydroxyl groups is 1. The molecule has 1 atom stereocenters. The molecule has 1 aliphatic rings. The molecule has 0 fully saturated rings. The molecule has 7 nitrogen and oxygen atoms in total. The Bertz CT molecular complexity index is 769. The second-order valence-electron chi connectivity index (χ2n) is 5.80. The summed E-state index contributed by atoms with van der Waals surface area (Å²) < 4.78 is 12.6. The fourth-order valence-corrected chi connectivity index (χ4v) is 2.77. The lowest BCUT2D eigenvalue weighted by Gasteiger charge is -2.20. The van der Waals surface area contributed by atoms with Crippen molar-refractivity contribution in [2.75, 3.05) is 19.8 Å². The van der Waals surface area contributed by atoms with Crippen LogP contribution in [0.3, 0.4) is 0 Å². The Hall–Kier alpha value is -2.54. The number of carbonyl (C=O) groups excluding carboxylic acids is 1. The first-order valence-corrected chi connectivity index (χ1v) is 7.83. The summed E-state index contributed by atoms with van der Waals surface area (Å²) in [4.78, 5) is 12.3. The van der Waals surface area contributed by atoms with Gasteiger partial charge in [-0.05, 0) is 31.5 Å². The zero-order chi connectivity index (χ0) is 17.3. The van der Waals surface area contributed by atoms with Crippen LogP contribution in [0, 0.1) is 13.8 Å². The Balaban J connectivity index is 1.67. The van der Waals surface area contributed by atoms with Crippen LogP contribution < -0.4 is 14.8 Å². The summed E-state index contributed by atoms with van der Waals surface area (Å²) in [5, 5.41) is 17.3. The number of nitrogens with one attached hydrogen (secondary N) is 1. The van der Waals surface area contributed by atoms with E-state index in [9.17, 15) is 9.90 Å². The standard InChI is InChI=1S/C17H21N3O4/c1-10-16(11(2)20(3)19-10)17(22)18-9-13(21)12-4-5-14-15(8-12)24-7-6-23-14/h4-5,8,13,21H,6-7,9H2,1-3H3,(H,18,22). The lowest BCUT2D eigenvalue weighted by Crippen LogP contribution is -2.29. The molecule has 3 rings (SSSR count). The van der Waals surface area contributed by atoms with Gasteiger partial charge < -0.3 is 19.9 Å². The number of fused-ring (bicyclic) bond motifs is 1. The highest BCUT2D eigenvalue weighted by molar-refractivity contribution is 5.96. The van der Waals surface area contributed by atoms with Crippen molar-refractivity contribution < 1.29 is 19.4 Å². The second-order valence-corrected chi connectivity index (χ2v) is 5.80. The molecule has 1 unspecified atom stereocenters. The summed E-state index contributed by atoms with van der Waals surface area (Å²) in [5.74, 6) is 1.04. The summed E-state index contributed by atoms with van der Waals surface area (Å²) in [6.45, 7) is 4.75. The number of hydrogen-bond donors (Lipinski definition) is 2. The van der Waals surface area contributed by atoms with Crippen LogP contribution in [0.15, 0.2) is 18.2 Å². The molecular weight excluding hydrogens is 310 g/mol. The molecule has 2 N–H and O–H groups in total. The van der Waals surface area contributed by atoms with E-state index in [1.165, 1.54) is 0 Å². The summed E-state index contributed by atoms with van der Waals surface area (Å²) >= 11 is 0. The normalized spacial score (nSPS) is 14.3. The summed E-state index contributed by atoms with van der Waals surface area (Å²) in [6.07, 6.45) is -0.831. The largest absolute Gasteiger partial charge is 0.486 e. The lowest BCUT2D eigenvalue weighted by atomic mass is 10.1. The van der Waals surface area contributed by atoms with Crippen LogP contribution in [0.2, 0.25) is 0 Å². The van der Waals surface area contributed by atoms with E-state index in [1.807, 2.05) is 6.92 Å². The quantitative estimate of drug-likeness (QED) is 0.881. The number of carbonyl (C=O) groups is 1. The molecule has 0 radical (unpaired) electrons. The zero-order valence-electron chi connectivity index (χ0n) is 14.0. The van der Waals surface area contributed by atoms with Crippen molar-refractivity contribution >= 4 is 5.91 Å². The van der Waals surface area contributed by atoms with Gasteiger partial charge in [-0.25, -0.2) is 0 Å². The van der Waals surface area contributed by atoms with Gasteiger partial charge in [-0.2, -0.15) is 5.10 Å². The van der Waals surface area contributed by atoms with Crippen LogP contribution in [0.1, 0.15) is 33.4 Å². The molecule has 0 bridgehead atoms. The van der Waals surface area contributed by atoms with E-state index in [0.717, 1.165) is 5.69 Å². The second kappa shape index (κ2) is 6.52. The topological polar surface area (TPSA) is 85.6 Å². The van der Waals surface area contributed by atoms with Gasteiger partial charge in [-0.3, -0.25) is 9.48 Å². The molecule has 1 aromatic carbocycles. The molecule has 24 heavy (non-hydrogen) atoms. The molecule has 1 aromatic heterocycles. The van der Waals surface area contributed by atoms with Crippen LogP contribution in [-0.4, -0.2) is 40.6 Å². The number of rotatable bonds is 4. The van der Waals surface area contributed by atoms with Gasteiger partial charge in [0.25, 0.3) is 5.91 Å². The Morgan fingerprint density at radius 1 is 1.33 bits per heavy atom. The average Bonchev–Trinajstić information content (AvgIpc) is 2.84. The van der Waals surface area contributed by atoms with E-state index in [-0.39, 0.29) is 12.5 Å². The Morgan fingerprint density at radius 3 is 2.71 bits per heavy atom. The molecular formula is C17H21N3O4. The first-order chi connectivity index (χ1) is 11.5. The van der Waals surface area contributed by atoms with Gasteiger partial charge in [0.15, 0.2) is 11.5 Å². The fraction of sp³-hybridized carbons (Fsp3) is 0.412. The molecule has 0 aliphatic carbocycles. The highest BCUT2D eigenvalue weighted by atomic mass is 16.6. The van der Waals surface area contributed by atoms with Crippen LogP contribution in [0.4, 0.5) is 0 Å². The lowest BCUT2D eigenvalue weighted by molar-refractivity contribution is 0.0914. The molecule has 7 heteroatoms. The number of aliphatic hydroxyl groups excluding tert-OH is 1. The maximum atomic E-state index is 12.3. The van der Waals surface area contributed by atoms with Gasteiger partial charge in [0.1, 0.15) is 13.2 Å². The highest BCUT2D eigenvalue weighted by Crippen LogP contribution is 2.32. The van der Waals surface area contributed by atoms with Crippen molar-refractivity contribution in [2.24, 2.45) is 7.05 Å². The van der Waals surface area contributed by atoms with Gasteiger partial charge in [-0.15, -0.1) is 0 Å². The van der Waals surface area contributed by atoms with Crippen molar-refractivity contribution in [1.82, 2.24) is 15.1 Å². The molecule has 1 amide bonds. The monoisotopic (exact) mass is 331 g/mol. The SMILES string of the molecule is Cc1nn(C)c(C)c1C(=O)NCC(O)c1ccc2c(c1)OCCO2. The number of nitrogens with zero attached hydrogens (tertiary/aromatic N) is 2. The first-order valence-electron chi connectivity index (χ1n) is 7.83. The van der Waals surface area contributed by atoms with E-state index < -0.39 is 6.10 Å². The summed E-state index contributed by atoms with van der Waals surface area (Å²) in [5.41, 5.74) is 2.67. The van der Waals surface area contributed by atoms with E-state index in [0.29, 0.717) is 41.5 Å². The highest BCUT2D eigenvalue weighted by Gasteiger charge is 2.19. The maximum Gasteiger partial charge on any atom is 0.255 e. The summed E-state index contributed by atoms with van der Waals surface area (Å²) in [7, 11) is 1.79. The molecule has 0 spiro atoms. The minimum atomic E-state index is -0.831. The third-order valence-corrected chi connectivity index (χ3v) is 4.14. The minimum Gasteiger partial charge on any atom is -0.486 e. The molecule has 1 aliphatic heterocycles. The van der Waals surface area contributed by atoms with Crippen molar-refractivity contribution in [3.63, 3.8) is 0 Å². The van der Waals surface area contributed by atoms with Crippen molar-refractivity contribution in [3.05, 3.63) is 40.7 Å². The average molecular weight is 331 g/mol. The number of hydrogen-bond acceptors (Lipinski definition) is 5. The van der Waals surface area contributed by atoms with Gasteiger partial charge in [0.2, 0.25) is 0 Å². The zero-order valence-corrected chi connectivity index (χ0v) is 14.0. The predicted octanol–water partition coefficient (Wildman–Crippen LogP) is 1.27. The van der Waals surface area contributed by atoms with E-state index in [4.69, 9.17) is 9.47 Å². The molecule has 2 heterocycles. The van der Waals surface area contributed by atoms with E-state index in [1.54, 1.807) is 36.9 Å². The Morgan fingerprint density at radius 2 is 2.04 bits per heavy atom. The van der Waals surface area contributed by atoms with Gasteiger partial charge >= 0.3 is 0 Å². The van der Waals surface area contributed by atoms with Gasteiger partial charge in [-0.1, -0.05) is 6.07 Å². The van der Waals surface area contributed by atoms with E-state index in [2.05, 4.69) is 10.4 Å². The minimum absolute atomic E-state index is 0.103. The van der Waals surface area contributed by atoms with Crippen LogP contribution in [0.25, 0.3) is 0 Å². The van der Waals surface area contributed by atoms with Crippen LogP contribution in [-0.2, 0) is 7.05 Å². The van der Waals surface area contributed by atoms with Crippen molar-refractivity contribution in [2.45, 2.75) is 20.0 Å². The number of benzene rings is 1. The third-order valence-electron chi connectivity index (χ3n) is 4.14. The van der Waals surface area contributed by atoms with Gasteiger partial charge in [0, 0.05) is 19.3 Å². The first kappa shape index (κ1) is 16.3. The van der Waals surface area contributed by atoms with Crippen LogP contribution >= 0.6 is 0 Å². The smallest absolute Gasteiger partial charge is 0.255 e. The third kappa shape index (κ3) is 3.07. The fourth-order valence-electron chi connectivity index (χ4n) is 2.77. The van der Waals surface area contributed by atoms with Gasteiger partial charge in [0.05, 0.1) is 17.4 Å².